The molecular formula is C15H24ClNO3. The summed E-state index contributed by atoms with van der Waals surface area (Å²) in [5.74, 6) is 1.49. The van der Waals surface area contributed by atoms with E-state index in [1.54, 1.807) is 20.3 Å². The molecule has 0 heterocycles. The first kappa shape index (κ1) is 18.8. The van der Waals surface area contributed by atoms with Crippen LogP contribution in [0.2, 0.25) is 0 Å². The second-order valence-electron chi connectivity index (χ2n) is 4.11. The van der Waals surface area contributed by atoms with Crippen molar-refractivity contribution in [2.24, 2.45) is 0 Å². The van der Waals surface area contributed by atoms with Crippen molar-refractivity contribution in [1.29, 1.82) is 0 Å². The second kappa shape index (κ2) is 11.6. The topological polar surface area (TPSA) is 39.7 Å². The van der Waals surface area contributed by atoms with Gasteiger partial charge < -0.3 is 19.5 Å². The van der Waals surface area contributed by atoms with E-state index in [0.29, 0.717) is 6.61 Å². The van der Waals surface area contributed by atoms with E-state index in [1.807, 2.05) is 18.2 Å². The highest BCUT2D eigenvalue weighted by Gasteiger charge is 2.05. The number of halogens is 1. The van der Waals surface area contributed by atoms with Gasteiger partial charge in [-0.25, -0.2) is 0 Å². The SMILES string of the molecule is C=CCOc1ccc(CNCCCOC)cc1OC.Cl. The fourth-order valence-corrected chi connectivity index (χ4v) is 1.66. The van der Waals surface area contributed by atoms with Crippen molar-refractivity contribution < 1.29 is 14.2 Å². The lowest BCUT2D eigenvalue weighted by Crippen LogP contribution is -2.16. The van der Waals surface area contributed by atoms with E-state index in [9.17, 15) is 0 Å². The van der Waals surface area contributed by atoms with E-state index in [0.717, 1.165) is 37.6 Å². The zero-order valence-corrected chi connectivity index (χ0v) is 13.0. The van der Waals surface area contributed by atoms with Crippen LogP contribution in [0.25, 0.3) is 0 Å². The Kier molecular flexibility index (Phi) is 10.9. The van der Waals surface area contributed by atoms with Gasteiger partial charge in [-0.3, -0.25) is 0 Å². The Morgan fingerprint density at radius 2 is 2.05 bits per heavy atom. The van der Waals surface area contributed by atoms with Crippen LogP contribution in [-0.4, -0.2) is 34.0 Å². The van der Waals surface area contributed by atoms with Crippen molar-refractivity contribution in [2.75, 3.05) is 34.0 Å². The lowest BCUT2D eigenvalue weighted by atomic mass is 10.2. The molecule has 0 saturated heterocycles. The monoisotopic (exact) mass is 301 g/mol. The van der Waals surface area contributed by atoms with Gasteiger partial charge in [-0.1, -0.05) is 18.7 Å². The molecule has 0 amide bonds. The Bertz CT molecular complexity index is 385. The van der Waals surface area contributed by atoms with Gasteiger partial charge in [0.05, 0.1) is 7.11 Å². The minimum atomic E-state index is 0. The van der Waals surface area contributed by atoms with Crippen molar-refractivity contribution >= 4 is 12.4 Å². The molecule has 0 spiro atoms. The van der Waals surface area contributed by atoms with E-state index < -0.39 is 0 Å². The van der Waals surface area contributed by atoms with Crippen LogP contribution in [0.1, 0.15) is 12.0 Å². The maximum Gasteiger partial charge on any atom is 0.161 e. The second-order valence-corrected chi connectivity index (χ2v) is 4.11. The maximum absolute atomic E-state index is 5.51. The Morgan fingerprint density at radius 3 is 2.70 bits per heavy atom. The summed E-state index contributed by atoms with van der Waals surface area (Å²) < 4.78 is 15.8. The molecule has 0 aromatic heterocycles. The summed E-state index contributed by atoms with van der Waals surface area (Å²) in [5.41, 5.74) is 1.17. The van der Waals surface area contributed by atoms with Crippen LogP contribution >= 0.6 is 12.4 Å². The van der Waals surface area contributed by atoms with Crippen LogP contribution in [0.5, 0.6) is 11.5 Å². The number of rotatable bonds is 10. The van der Waals surface area contributed by atoms with Crippen molar-refractivity contribution in [2.45, 2.75) is 13.0 Å². The molecule has 0 aliphatic heterocycles. The van der Waals surface area contributed by atoms with Crippen LogP contribution in [0.3, 0.4) is 0 Å². The summed E-state index contributed by atoms with van der Waals surface area (Å²) in [6, 6.07) is 5.94. The van der Waals surface area contributed by atoms with Crippen LogP contribution < -0.4 is 14.8 Å². The first-order chi connectivity index (χ1) is 9.31. The standard InChI is InChI=1S/C15H23NO3.ClH/c1-4-9-19-14-7-6-13(11-15(14)18-3)12-16-8-5-10-17-2;/h4,6-7,11,16H,1,5,8-10,12H2,2-3H3;1H. The normalized spacial score (nSPS) is 9.70. The highest BCUT2D eigenvalue weighted by molar-refractivity contribution is 5.85. The number of nitrogens with one attached hydrogen (secondary N) is 1. The summed E-state index contributed by atoms with van der Waals surface area (Å²) in [7, 11) is 3.36. The summed E-state index contributed by atoms with van der Waals surface area (Å²) >= 11 is 0. The number of methoxy groups -OCH3 is 2. The molecule has 0 aliphatic carbocycles. The third-order valence-electron chi connectivity index (χ3n) is 2.62. The molecule has 0 bridgehead atoms. The summed E-state index contributed by atoms with van der Waals surface area (Å²) in [4.78, 5) is 0. The summed E-state index contributed by atoms with van der Waals surface area (Å²) in [6.45, 7) is 6.63. The van der Waals surface area contributed by atoms with Crippen molar-refractivity contribution in [3.8, 4) is 11.5 Å². The lowest BCUT2D eigenvalue weighted by Gasteiger charge is -2.11. The molecule has 5 heteroatoms. The largest absolute Gasteiger partial charge is 0.493 e. The third kappa shape index (κ3) is 6.80. The zero-order chi connectivity index (χ0) is 13.9. The van der Waals surface area contributed by atoms with Gasteiger partial charge >= 0.3 is 0 Å². The molecule has 0 unspecified atom stereocenters. The lowest BCUT2D eigenvalue weighted by molar-refractivity contribution is 0.194. The zero-order valence-electron chi connectivity index (χ0n) is 12.2. The molecule has 1 rings (SSSR count). The molecule has 1 aromatic rings. The number of hydrogen-bond acceptors (Lipinski definition) is 4. The van der Waals surface area contributed by atoms with Gasteiger partial charge in [0.2, 0.25) is 0 Å². The van der Waals surface area contributed by atoms with Crippen LogP contribution in [0.4, 0.5) is 0 Å². The fraction of sp³-hybridized carbons (Fsp3) is 0.467. The van der Waals surface area contributed by atoms with Gasteiger partial charge in [0.1, 0.15) is 6.61 Å². The van der Waals surface area contributed by atoms with Gasteiger partial charge in [0.15, 0.2) is 11.5 Å². The molecule has 1 aromatic carbocycles. The average Bonchev–Trinajstić information content (AvgIpc) is 2.45. The van der Waals surface area contributed by atoms with Crippen LogP contribution in [0.15, 0.2) is 30.9 Å². The van der Waals surface area contributed by atoms with E-state index >= 15 is 0 Å². The molecule has 20 heavy (non-hydrogen) atoms. The smallest absolute Gasteiger partial charge is 0.161 e. The minimum absolute atomic E-state index is 0. The van der Waals surface area contributed by atoms with Gasteiger partial charge in [-0.05, 0) is 30.7 Å². The van der Waals surface area contributed by atoms with Crippen LogP contribution in [0, 0.1) is 0 Å². The van der Waals surface area contributed by atoms with Gasteiger partial charge in [-0.2, -0.15) is 0 Å². The fourth-order valence-electron chi connectivity index (χ4n) is 1.66. The van der Waals surface area contributed by atoms with Crippen molar-refractivity contribution in [3.05, 3.63) is 36.4 Å². The number of hydrogen-bond donors (Lipinski definition) is 1. The Morgan fingerprint density at radius 1 is 1.25 bits per heavy atom. The highest BCUT2D eigenvalue weighted by atomic mass is 35.5. The highest BCUT2D eigenvalue weighted by Crippen LogP contribution is 2.27. The molecule has 4 nitrogen and oxygen atoms in total. The Labute approximate surface area is 127 Å². The Balaban J connectivity index is 0.00000361. The number of benzene rings is 1. The summed E-state index contributed by atoms with van der Waals surface area (Å²) in [5, 5.41) is 3.36. The molecular weight excluding hydrogens is 278 g/mol. The molecule has 0 radical (unpaired) electrons. The van der Waals surface area contributed by atoms with Crippen LogP contribution in [-0.2, 0) is 11.3 Å². The van der Waals surface area contributed by atoms with Gasteiger partial charge in [0, 0.05) is 20.3 Å². The molecule has 0 fully saturated rings. The van der Waals surface area contributed by atoms with Crippen molar-refractivity contribution in [1.82, 2.24) is 5.32 Å². The quantitative estimate of drug-likeness (QED) is 0.533. The molecule has 0 aliphatic rings. The first-order valence-electron chi connectivity index (χ1n) is 6.42. The average molecular weight is 302 g/mol. The maximum atomic E-state index is 5.51. The Hall–Kier alpha value is -1.23. The molecule has 0 saturated carbocycles. The van der Waals surface area contributed by atoms with E-state index in [-0.39, 0.29) is 12.4 Å². The third-order valence-corrected chi connectivity index (χ3v) is 2.62. The predicted octanol–water partition coefficient (Wildman–Crippen LogP) is 2.81. The number of ether oxygens (including phenoxy) is 3. The minimum Gasteiger partial charge on any atom is -0.493 e. The van der Waals surface area contributed by atoms with Gasteiger partial charge in [0.25, 0.3) is 0 Å². The van der Waals surface area contributed by atoms with E-state index in [4.69, 9.17) is 14.2 Å². The molecule has 0 atom stereocenters. The molecule has 1 N–H and O–H groups in total. The first-order valence-corrected chi connectivity index (χ1v) is 6.42. The van der Waals surface area contributed by atoms with E-state index in [2.05, 4.69) is 11.9 Å². The predicted molar refractivity (Wildman–Crippen MR) is 84.1 cm³/mol. The molecule has 114 valence electrons. The van der Waals surface area contributed by atoms with Crippen molar-refractivity contribution in [3.63, 3.8) is 0 Å². The summed E-state index contributed by atoms with van der Waals surface area (Å²) in [6.07, 6.45) is 2.72. The van der Waals surface area contributed by atoms with E-state index in [1.165, 1.54) is 5.56 Å². The van der Waals surface area contributed by atoms with Gasteiger partial charge in [-0.15, -0.1) is 12.4 Å².